The van der Waals surface area contributed by atoms with E-state index in [0.29, 0.717) is 22.7 Å². The molecular weight excluding hydrogens is 378 g/mol. The van der Waals surface area contributed by atoms with Crippen LogP contribution in [0.15, 0.2) is 94.7 Å². The molecule has 0 saturated heterocycles. The van der Waals surface area contributed by atoms with E-state index in [1.807, 2.05) is 66.9 Å². The van der Waals surface area contributed by atoms with Gasteiger partial charge in [-0.2, -0.15) is 10.2 Å². The van der Waals surface area contributed by atoms with Crippen LogP contribution in [-0.4, -0.2) is 26.9 Å². The minimum absolute atomic E-state index is 0.322. The highest BCUT2D eigenvalue weighted by molar-refractivity contribution is 5.94. The largest absolute Gasteiger partial charge is 0.454 e. The number of hydrazone groups is 1. The first-order valence-corrected chi connectivity index (χ1v) is 9.39. The van der Waals surface area contributed by atoms with Crippen molar-refractivity contribution in [2.75, 3.05) is 0 Å². The summed E-state index contributed by atoms with van der Waals surface area (Å²) < 4.78 is 7.76. The number of hydrogen-bond donors (Lipinski definition) is 2. The first-order chi connectivity index (χ1) is 14.8. The van der Waals surface area contributed by atoms with Gasteiger partial charge in [-0.25, -0.2) is 10.1 Å². The molecular formula is C23H17N5O2. The van der Waals surface area contributed by atoms with Crippen LogP contribution in [0.5, 0.6) is 0 Å². The van der Waals surface area contributed by atoms with Crippen LogP contribution in [-0.2, 0) is 0 Å². The van der Waals surface area contributed by atoms with Gasteiger partial charge in [-0.15, -0.1) is 0 Å². The fourth-order valence-electron chi connectivity index (χ4n) is 3.18. The zero-order valence-electron chi connectivity index (χ0n) is 15.8. The summed E-state index contributed by atoms with van der Waals surface area (Å²) in [5.74, 6) is 0.306. The summed E-state index contributed by atoms with van der Waals surface area (Å²) in [5, 5.41) is 9.80. The molecule has 0 radical (unpaired) electrons. The SMILES string of the molecule is O=C(N/N=C\c1cn(-c2ccccc2)nc1-c1cc2ccccc2o1)c1ccc[nH]1. The van der Waals surface area contributed by atoms with Crippen molar-refractivity contribution in [1.29, 1.82) is 0 Å². The van der Waals surface area contributed by atoms with Crippen LogP contribution in [0.25, 0.3) is 28.1 Å². The predicted octanol–water partition coefficient (Wildman–Crippen LogP) is 4.38. The zero-order valence-corrected chi connectivity index (χ0v) is 15.8. The van der Waals surface area contributed by atoms with E-state index in [2.05, 4.69) is 15.5 Å². The number of para-hydroxylation sites is 2. The maximum atomic E-state index is 12.1. The fraction of sp³-hybridized carbons (Fsp3) is 0. The van der Waals surface area contributed by atoms with Gasteiger partial charge < -0.3 is 9.40 Å². The van der Waals surface area contributed by atoms with Crippen molar-refractivity contribution in [3.05, 3.63) is 96.4 Å². The number of aromatic amines is 1. The van der Waals surface area contributed by atoms with Crippen molar-refractivity contribution in [3.8, 4) is 17.1 Å². The number of aromatic nitrogens is 3. The number of hydrogen-bond acceptors (Lipinski definition) is 4. The monoisotopic (exact) mass is 395 g/mol. The van der Waals surface area contributed by atoms with Gasteiger partial charge in [0.05, 0.1) is 11.9 Å². The van der Waals surface area contributed by atoms with Gasteiger partial charge in [0.25, 0.3) is 5.91 Å². The molecule has 3 heterocycles. The molecule has 1 amide bonds. The van der Waals surface area contributed by atoms with E-state index in [1.54, 1.807) is 29.2 Å². The molecule has 146 valence electrons. The van der Waals surface area contributed by atoms with Crippen LogP contribution in [0, 0.1) is 0 Å². The molecule has 0 aliphatic carbocycles. The third kappa shape index (κ3) is 3.40. The molecule has 0 spiro atoms. The van der Waals surface area contributed by atoms with Gasteiger partial charge in [-0.3, -0.25) is 4.79 Å². The molecule has 0 bridgehead atoms. The summed E-state index contributed by atoms with van der Waals surface area (Å²) in [6.07, 6.45) is 5.10. The van der Waals surface area contributed by atoms with Crippen molar-refractivity contribution in [2.24, 2.45) is 5.10 Å². The highest BCUT2D eigenvalue weighted by Crippen LogP contribution is 2.29. The number of nitrogens with zero attached hydrogens (tertiary/aromatic N) is 3. The summed E-state index contributed by atoms with van der Waals surface area (Å²) in [6.45, 7) is 0. The lowest BCUT2D eigenvalue weighted by atomic mass is 10.2. The number of fused-ring (bicyclic) bond motifs is 1. The Kier molecular flexibility index (Phi) is 4.46. The van der Waals surface area contributed by atoms with E-state index in [0.717, 1.165) is 16.7 Å². The van der Waals surface area contributed by atoms with Gasteiger partial charge in [0, 0.05) is 23.3 Å². The second-order valence-electron chi connectivity index (χ2n) is 6.64. The zero-order chi connectivity index (χ0) is 20.3. The predicted molar refractivity (Wildman–Crippen MR) is 115 cm³/mol. The summed E-state index contributed by atoms with van der Waals surface area (Å²) in [6, 6.07) is 22.9. The van der Waals surface area contributed by atoms with Gasteiger partial charge in [-0.1, -0.05) is 36.4 Å². The summed E-state index contributed by atoms with van der Waals surface area (Å²) in [4.78, 5) is 14.9. The van der Waals surface area contributed by atoms with Gasteiger partial charge in [-0.05, 0) is 36.4 Å². The number of benzene rings is 2. The lowest BCUT2D eigenvalue weighted by Crippen LogP contribution is -2.17. The average Bonchev–Trinajstić information content (AvgIpc) is 3.53. The van der Waals surface area contributed by atoms with E-state index in [4.69, 9.17) is 9.52 Å². The number of furan rings is 1. The molecule has 2 aromatic carbocycles. The van der Waals surface area contributed by atoms with Gasteiger partial charge in [0.2, 0.25) is 0 Å². The maximum absolute atomic E-state index is 12.1. The maximum Gasteiger partial charge on any atom is 0.287 e. The van der Waals surface area contributed by atoms with Crippen LogP contribution in [0.2, 0.25) is 0 Å². The van der Waals surface area contributed by atoms with Crippen molar-refractivity contribution in [3.63, 3.8) is 0 Å². The molecule has 0 unspecified atom stereocenters. The van der Waals surface area contributed by atoms with Crippen LogP contribution >= 0.6 is 0 Å². The Balaban J connectivity index is 1.52. The number of carbonyl (C=O) groups is 1. The summed E-state index contributed by atoms with van der Waals surface area (Å²) >= 11 is 0. The third-order valence-electron chi connectivity index (χ3n) is 4.63. The Bertz CT molecular complexity index is 1300. The van der Waals surface area contributed by atoms with E-state index in [9.17, 15) is 4.79 Å². The summed E-state index contributed by atoms with van der Waals surface area (Å²) in [7, 11) is 0. The van der Waals surface area contributed by atoms with Crippen LogP contribution in [0.4, 0.5) is 0 Å². The topological polar surface area (TPSA) is 88.2 Å². The highest BCUT2D eigenvalue weighted by Gasteiger charge is 2.15. The Labute approximate surface area is 171 Å². The minimum Gasteiger partial charge on any atom is -0.454 e. The molecule has 0 aliphatic heterocycles. The van der Waals surface area contributed by atoms with Crippen LogP contribution < -0.4 is 5.43 Å². The van der Waals surface area contributed by atoms with Crippen molar-refractivity contribution in [1.82, 2.24) is 20.2 Å². The summed E-state index contributed by atoms with van der Waals surface area (Å²) in [5.41, 5.74) is 5.99. The van der Waals surface area contributed by atoms with Crippen molar-refractivity contribution in [2.45, 2.75) is 0 Å². The Morgan fingerprint density at radius 3 is 2.70 bits per heavy atom. The standard InChI is InChI=1S/C23H17N5O2/c29-23(19-10-6-12-24-19)26-25-14-17-15-28(18-8-2-1-3-9-18)27-22(17)21-13-16-7-4-5-11-20(16)30-21/h1-15,24H,(H,26,29)/b25-14-. The molecule has 0 aliphatic rings. The van der Waals surface area contributed by atoms with E-state index in [1.165, 1.54) is 0 Å². The number of nitrogens with one attached hydrogen (secondary N) is 2. The highest BCUT2D eigenvalue weighted by atomic mass is 16.3. The lowest BCUT2D eigenvalue weighted by Gasteiger charge is -1.98. The molecule has 7 nitrogen and oxygen atoms in total. The van der Waals surface area contributed by atoms with E-state index >= 15 is 0 Å². The van der Waals surface area contributed by atoms with Crippen molar-refractivity contribution >= 4 is 23.1 Å². The molecule has 5 aromatic rings. The number of carbonyl (C=O) groups excluding carboxylic acids is 1. The normalized spacial score (nSPS) is 11.3. The third-order valence-corrected chi connectivity index (χ3v) is 4.63. The second-order valence-corrected chi connectivity index (χ2v) is 6.64. The van der Waals surface area contributed by atoms with Gasteiger partial charge in [0.15, 0.2) is 5.76 Å². The van der Waals surface area contributed by atoms with E-state index in [-0.39, 0.29) is 5.91 Å². The number of rotatable bonds is 5. The Morgan fingerprint density at radius 1 is 1.07 bits per heavy atom. The van der Waals surface area contributed by atoms with Crippen LogP contribution in [0.3, 0.4) is 0 Å². The molecule has 0 atom stereocenters. The molecule has 30 heavy (non-hydrogen) atoms. The number of H-pyrrole nitrogens is 1. The molecule has 5 rings (SSSR count). The first kappa shape index (κ1) is 17.7. The molecule has 0 fully saturated rings. The van der Waals surface area contributed by atoms with Gasteiger partial charge >= 0.3 is 0 Å². The quantitative estimate of drug-likeness (QED) is 0.342. The number of amides is 1. The second kappa shape index (κ2) is 7.56. The molecule has 2 N–H and O–H groups in total. The van der Waals surface area contributed by atoms with E-state index < -0.39 is 0 Å². The van der Waals surface area contributed by atoms with Gasteiger partial charge in [0.1, 0.15) is 17.0 Å². The average molecular weight is 395 g/mol. The minimum atomic E-state index is -0.322. The Morgan fingerprint density at radius 2 is 1.90 bits per heavy atom. The first-order valence-electron chi connectivity index (χ1n) is 9.39. The van der Waals surface area contributed by atoms with Crippen LogP contribution in [0.1, 0.15) is 16.1 Å². The fourth-order valence-corrected chi connectivity index (χ4v) is 3.18. The smallest absolute Gasteiger partial charge is 0.287 e. The molecule has 3 aromatic heterocycles. The van der Waals surface area contributed by atoms with Crippen molar-refractivity contribution < 1.29 is 9.21 Å². The lowest BCUT2D eigenvalue weighted by molar-refractivity contribution is 0.0951. The molecule has 0 saturated carbocycles. The Hall–Kier alpha value is -4.39. The molecule has 7 heteroatoms.